The first-order valence-electron chi connectivity index (χ1n) is 6.32. The van der Waals surface area contributed by atoms with Gasteiger partial charge in [-0.1, -0.05) is 42.2 Å². The summed E-state index contributed by atoms with van der Waals surface area (Å²) in [5, 5.41) is 11.1. The summed E-state index contributed by atoms with van der Waals surface area (Å²) in [6.07, 6.45) is 0. The minimum atomic E-state index is -1.24. The molecule has 0 amide bonds. The van der Waals surface area contributed by atoms with E-state index in [-0.39, 0.29) is 0 Å². The first-order valence-corrected chi connectivity index (χ1v) is 7.13. The molecular weight excluding hydrogens is 266 g/mol. The van der Waals surface area contributed by atoms with Crippen LogP contribution in [0.3, 0.4) is 0 Å². The maximum atomic E-state index is 10.5. The van der Waals surface area contributed by atoms with Crippen LogP contribution >= 0.6 is 11.3 Å². The van der Waals surface area contributed by atoms with Gasteiger partial charge in [-0.25, -0.2) is 4.98 Å². The molecule has 0 saturated carbocycles. The second kappa shape index (κ2) is 5.09. The van der Waals surface area contributed by atoms with E-state index in [1.54, 1.807) is 6.92 Å². The number of aromatic nitrogens is 1. The van der Waals surface area contributed by atoms with Gasteiger partial charge in [0, 0.05) is 5.56 Å². The van der Waals surface area contributed by atoms with Crippen LogP contribution in [0.15, 0.2) is 54.6 Å². The Morgan fingerprint density at radius 1 is 1.05 bits per heavy atom. The van der Waals surface area contributed by atoms with Gasteiger partial charge in [-0.2, -0.15) is 0 Å². The Kier molecular flexibility index (Phi) is 3.27. The fourth-order valence-corrected chi connectivity index (χ4v) is 2.82. The van der Waals surface area contributed by atoms with Gasteiger partial charge < -0.3 is 5.11 Å². The van der Waals surface area contributed by atoms with Gasteiger partial charge in [0.05, 0.1) is 10.2 Å². The third-order valence-electron chi connectivity index (χ3n) is 2.93. The second-order valence-electron chi connectivity index (χ2n) is 4.67. The average molecular weight is 279 g/mol. The molecular formula is C17H13NOS. The largest absolute Gasteiger partial charge is 0.371 e. The zero-order valence-corrected chi connectivity index (χ0v) is 11.8. The van der Waals surface area contributed by atoms with Crippen molar-refractivity contribution < 1.29 is 5.11 Å². The average Bonchev–Trinajstić information content (AvgIpc) is 2.91. The highest BCUT2D eigenvalue weighted by atomic mass is 32.1. The number of fused-ring (bicyclic) bond motifs is 1. The van der Waals surface area contributed by atoms with Gasteiger partial charge in [-0.05, 0) is 31.2 Å². The molecule has 0 bridgehead atoms. The standard InChI is InChI=1S/C17H13NOS/c1-17(19,12-11-13-7-3-2-4-8-13)16-18-14-9-5-6-10-15(14)20-16/h2-10,19H,1H3. The summed E-state index contributed by atoms with van der Waals surface area (Å²) < 4.78 is 1.06. The van der Waals surface area contributed by atoms with Crippen LogP contribution < -0.4 is 0 Å². The van der Waals surface area contributed by atoms with Crippen molar-refractivity contribution in [1.82, 2.24) is 4.98 Å². The van der Waals surface area contributed by atoms with Gasteiger partial charge in [-0.15, -0.1) is 11.3 Å². The normalized spacial score (nSPS) is 13.5. The maximum absolute atomic E-state index is 10.5. The lowest BCUT2D eigenvalue weighted by atomic mass is 10.1. The summed E-state index contributed by atoms with van der Waals surface area (Å²) in [5.74, 6) is 5.90. The van der Waals surface area contributed by atoms with Gasteiger partial charge in [0.2, 0.25) is 0 Å². The van der Waals surface area contributed by atoms with Crippen LogP contribution in [-0.2, 0) is 5.60 Å². The van der Waals surface area contributed by atoms with E-state index in [0.717, 1.165) is 15.8 Å². The number of aliphatic hydroxyl groups is 1. The minimum Gasteiger partial charge on any atom is -0.371 e. The van der Waals surface area contributed by atoms with Crippen molar-refractivity contribution >= 4 is 21.6 Å². The second-order valence-corrected chi connectivity index (χ2v) is 5.71. The molecule has 1 heterocycles. The number of benzene rings is 2. The molecule has 0 aliphatic rings. The number of thiazole rings is 1. The Balaban J connectivity index is 1.97. The Labute approximate surface area is 121 Å². The van der Waals surface area contributed by atoms with E-state index in [1.807, 2.05) is 54.6 Å². The number of rotatable bonds is 1. The van der Waals surface area contributed by atoms with Gasteiger partial charge in [-0.3, -0.25) is 0 Å². The first-order chi connectivity index (χ1) is 9.65. The van der Waals surface area contributed by atoms with Crippen LogP contribution in [0.25, 0.3) is 10.2 Å². The number of hydrogen-bond donors (Lipinski definition) is 1. The molecule has 3 heteroatoms. The molecule has 3 rings (SSSR count). The SMILES string of the molecule is CC(O)(C#Cc1ccccc1)c1nc2ccccc2s1. The molecule has 1 atom stereocenters. The lowest BCUT2D eigenvalue weighted by Gasteiger charge is -2.11. The molecule has 0 aliphatic carbocycles. The highest BCUT2D eigenvalue weighted by molar-refractivity contribution is 7.18. The molecule has 0 fully saturated rings. The quantitative estimate of drug-likeness (QED) is 0.691. The Morgan fingerprint density at radius 2 is 1.75 bits per heavy atom. The van der Waals surface area contributed by atoms with Crippen LogP contribution in [0.5, 0.6) is 0 Å². The number of hydrogen-bond acceptors (Lipinski definition) is 3. The van der Waals surface area contributed by atoms with E-state index < -0.39 is 5.60 Å². The van der Waals surface area contributed by atoms with Crippen molar-refractivity contribution in [3.63, 3.8) is 0 Å². The number of nitrogens with zero attached hydrogens (tertiary/aromatic N) is 1. The fraction of sp³-hybridized carbons (Fsp3) is 0.118. The molecule has 0 saturated heterocycles. The summed E-state index contributed by atoms with van der Waals surface area (Å²) in [6, 6.07) is 17.5. The van der Waals surface area contributed by atoms with E-state index >= 15 is 0 Å². The van der Waals surface area contributed by atoms with Crippen LogP contribution in [0.1, 0.15) is 17.5 Å². The molecule has 2 nitrogen and oxygen atoms in total. The zero-order chi connectivity index (χ0) is 14.0. The smallest absolute Gasteiger partial charge is 0.174 e. The summed E-state index contributed by atoms with van der Waals surface area (Å²) in [4.78, 5) is 4.46. The summed E-state index contributed by atoms with van der Waals surface area (Å²) >= 11 is 1.48. The van der Waals surface area contributed by atoms with Crippen molar-refractivity contribution in [2.24, 2.45) is 0 Å². The van der Waals surface area contributed by atoms with Crippen molar-refractivity contribution in [2.45, 2.75) is 12.5 Å². The predicted octanol–water partition coefficient (Wildman–Crippen LogP) is 3.56. The van der Waals surface area contributed by atoms with E-state index in [2.05, 4.69) is 16.8 Å². The monoisotopic (exact) mass is 279 g/mol. The van der Waals surface area contributed by atoms with E-state index in [1.165, 1.54) is 11.3 Å². The van der Waals surface area contributed by atoms with E-state index in [0.29, 0.717) is 5.01 Å². The summed E-state index contributed by atoms with van der Waals surface area (Å²) in [7, 11) is 0. The topological polar surface area (TPSA) is 33.1 Å². The Hall–Kier alpha value is -2.15. The van der Waals surface area contributed by atoms with Gasteiger partial charge in [0.1, 0.15) is 5.01 Å². The maximum Gasteiger partial charge on any atom is 0.174 e. The third kappa shape index (κ3) is 2.57. The highest BCUT2D eigenvalue weighted by Crippen LogP contribution is 2.29. The minimum absolute atomic E-state index is 0.627. The molecule has 2 aromatic carbocycles. The number of para-hydroxylation sites is 1. The van der Waals surface area contributed by atoms with Crippen molar-refractivity contribution in [2.75, 3.05) is 0 Å². The molecule has 1 N–H and O–H groups in total. The van der Waals surface area contributed by atoms with Gasteiger partial charge in [0.25, 0.3) is 0 Å². The molecule has 0 spiro atoms. The summed E-state index contributed by atoms with van der Waals surface area (Å²) in [6.45, 7) is 1.68. The van der Waals surface area contributed by atoms with Gasteiger partial charge >= 0.3 is 0 Å². The third-order valence-corrected chi connectivity index (χ3v) is 4.18. The van der Waals surface area contributed by atoms with E-state index in [4.69, 9.17) is 0 Å². The van der Waals surface area contributed by atoms with Crippen molar-refractivity contribution in [3.05, 3.63) is 65.2 Å². The van der Waals surface area contributed by atoms with Crippen LogP contribution in [0.2, 0.25) is 0 Å². The van der Waals surface area contributed by atoms with Crippen LogP contribution in [-0.4, -0.2) is 10.1 Å². The molecule has 3 aromatic rings. The summed E-state index contributed by atoms with van der Waals surface area (Å²) in [5.41, 5.74) is 0.544. The zero-order valence-electron chi connectivity index (χ0n) is 11.0. The predicted molar refractivity (Wildman–Crippen MR) is 82.5 cm³/mol. The molecule has 20 heavy (non-hydrogen) atoms. The molecule has 1 aromatic heterocycles. The van der Waals surface area contributed by atoms with Crippen molar-refractivity contribution in [3.8, 4) is 11.8 Å². The lowest BCUT2D eigenvalue weighted by molar-refractivity contribution is 0.122. The fourth-order valence-electron chi connectivity index (χ4n) is 1.85. The molecule has 1 unspecified atom stereocenters. The van der Waals surface area contributed by atoms with Crippen LogP contribution in [0.4, 0.5) is 0 Å². The Morgan fingerprint density at radius 3 is 2.50 bits per heavy atom. The van der Waals surface area contributed by atoms with E-state index in [9.17, 15) is 5.11 Å². The molecule has 0 radical (unpaired) electrons. The Bertz CT molecular complexity index is 761. The van der Waals surface area contributed by atoms with Gasteiger partial charge in [0.15, 0.2) is 5.60 Å². The molecule has 0 aliphatic heterocycles. The highest BCUT2D eigenvalue weighted by Gasteiger charge is 2.24. The first kappa shape index (κ1) is 12.9. The van der Waals surface area contributed by atoms with Crippen LogP contribution in [0, 0.1) is 11.8 Å². The molecule has 98 valence electrons. The van der Waals surface area contributed by atoms with Crippen molar-refractivity contribution in [1.29, 1.82) is 0 Å². The lowest BCUT2D eigenvalue weighted by Crippen LogP contribution is -2.18.